The maximum absolute atomic E-state index is 13.0. The molecule has 1 aromatic heterocycles. The average molecular weight is 404 g/mol. The molecular formula is C24H29N5O. The molecule has 6 heteroatoms. The van der Waals surface area contributed by atoms with Crippen molar-refractivity contribution in [2.45, 2.75) is 56.5 Å². The summed E-state index contributed by atoms with van der Waals surface area (Å²) in [6.07, 6.45) is 8.78. The summed E-state index contributed by atoms with van der Waals surface area (Å²) in [5.41, 5.74) is 1.85. The predicted molar refractivity (Wildman–Crippen MR) is 120 cm³/mol. The molecule has 2 N–H and O–H groups in total. The maximum Gasteiger partial charge on any atom is 0.222 e. The van der Waals surface area contributed by atoms with Crippen molar-refractivity contribution >= 4 is 23.2 Å². The number of nitrogens with zero attached hydrogens (tertiary/aromatic N) is 3. The van der Waals surface area contributed by atoms with E-state index in [1.807, 2.05) is 35.2 Å². The molecule has 3 aliphatic rings. The van der Waals surface area contributed by atoms with Crippen molar-refractivity contribution in [2.75, 3.05) is 23.7 Å². The molecule has 6 nitrogen and oxygen atoms in total. The fourth-order valence-corrected chi connectivity index (χ4v) is 4.90. The Morgan fingerprint density at radius 3 is 2.83 bits per heavy atom. The maximum atomic E-state index is 13.0. The third kappa shape index (κ3) is 3.78. The smallest absolute Gasteiger partial charge is 0.222 e. The van der Waals surface area contributed by atoms with Crippen molar-refractivity contribution in [3.63, 3.8) is 0 Å². The van der Waals surface area contributed by atoms with Gasteiger partial charge in [-0.05, 0) is 43.4 Å². The number of carbonyl (C=O) groups excluding carboxylic acids is 1. The first kappa shape index (κ1) is 19.1. The number of anilines is 2. The molecule has 0 unspecified atom stereocenters. The van der Waals surface area contributed by atoms with Crippen molar-refractivity contribution in [3.05, 3.63) is 54.2 Å². The summed E-state index contributed by atoms with van der Waals surface area (Å²) in [6.45, 7) is 1.40. The van der Waals surface area contributed by atoms with Gasteiger partial charge in [-0.15, -0.1) is 0 Å². The second-order valence-corrected chi connectivity index (χ2v) is 8.70. The van der Waals surface area contributed by atoms with Gasteiger partial charge in [-0.25, -0.2) is 4.98 Å². The minimum atomic E-state index is -0.346. The van der Waals surface area contributed by atoms with Gasteiger partial charge < -0.3 is 15.5 Å². The highest BCUT2D eigenvalue weighted by molar-refractivity contribution is 6.09. The molecule has 1 spiro atoms. The lowest BCUT2D eigenvalue weighted by Gasteiger charge is -2.38. The van der Waals surface area contributed by atoms with E-state index in [-0.39, 0.29) is 11.4 Å². The molecule has 2 fully saturated rings. The number of hydrogen-bond donors (Lipinski definition) is 2. The SMILES string of the molecule is O=C(CCc1ccccc1)N1CC[C@]2(C1)Nc1cccnc1NC2=NC1CCCC1. The minimum absolute atomic E-state index is 0.217. The van der Waals surface area contributed by atoms with Gasteiger partial charge in [0.25, 0.3) is 0 Å². The Morgan fingerprint density at radius 1 is 1.17 bits per heavy atom. The van der Waals surface area contributed by atoms with Crippen LogP contribution in [0, 0.1) is 0 Å². The molecule has 1 aliphatic carbocycles. The number of aromatic nitrogens is 1. The number of aliphatic imine (C=N–C) groups is 1. The Kier molecular flexibility index (Phi) is 5.15. The van der Waals surface area contributed by atoms with Crippen LogP contribution in [0.4, 0.5) is 11.5 Å². The van der Waals surface area contributed by atoms with E-state index >= 15 is 0 Å². The van der Waals surface area contributed by atoms with Gasteiger partial charge in [-0.3, -0.25) is 9.79 Å². The summed E-state index contributed by atoms with van der Waals surface area (Å²) in [7, 11) is 0. The number of fused-ring (bicyclic) bond motifs is 1. The zero-order valence-corrected chi connectivity index (χ0v) is 17.3. The van der Waals surface area contributed by atoms with E-state index in [0.29, 0.717) is 19.0 Å². The normalized spacial score (nSPS) is 24.7. The molecule has 1 aromatic carbocycles. The topological polar surface area (TPSA) is 69.6 Å². The lowest BCUT2D eigenvalue weighted by atomic mass is 9.93. The molecule has 156 valence electrons. The van der Waals surface area contributed by atoms with Gasteiger partial charge in [-0.1, -0.05) is 43.2 Å². The third-order valence-electron chi connectivity index (χ3n) is 6.60. The van der Waals surface area contributed by atoms with E-state index in [1.165, 1.54) is 18.4 Å². The standard InChI is InChI=1S/C24H29N5O/c30-21(13-12-18-7-2-1-3-8-18)29-16-14-24(17-29)23(26-19-9-4-5-10-19)27-22-20(28-24)11-6-15-25-22/h1-3,6-8,11,15,19,28H,4-5,9-10,12-14,16-17H2,(H,25,26,27)/t24-/m1/s1. The number of aryl methyl sites for hydroxylation is 1. The first-order valence-corrected chi connectivity index (χ1v) is 11.1. The van der Waals surface area contributed by atoms with E-state index < -0.39 is 0 Å². The van der Waals surface area contributed by atoms with E-state index in [4.69, 9.17) is 4.99 Å². The Morgan fingerprint density at radius 2 is 2.00 bits per heavy atom. The van der Waals surface area contributed by atoms with Crippen LogP contribution >= 0.6 is 0 Å². The van der Waals surface area contributed by atoms with Crippen molar-refractivity contribution in [1.82, 2.24) is 9.88 Å². The molecule has 0 radical (unpaired) electrons. The zero-order valence-electron chi connectivity index (χ0n) is 17.3. The molecule has 5 rings (SSSR count). The van der Waals surface area contributed by atoms with E-state index in [1.54, 1.807) is 6.20 Å². The lowest BCUT2D eigenvalue weighted by Crippen LogP contribution is -2.55. The number of likely N-dealkylation sites (tertiary alicyclic amines) is 1. The first-order valence-electron chi connectivity index (χ1n) is 11.1. The van der Waals surface area contributed by atoms with Crippen LogP contribution in [0.3, 0.4) is 0 Å². The van der Waals surface area contributed by atoms with Crippen LogP contribution in [-0.2, 0) is 11.2 Å². The highest BCUT2D eigenvalue weighted by Crippen LogP contribution is 2.36. The fraction of sp³-hybridized carbons (Fsp3) is 0.458. The number of nitrogens with one attached hydrogen (secondary N) is 2. The van der Waals surface area contributed by atoms with Crippen molar-refractivity contribution in [2.24, 2.45) is 4.99 Å². The van der Waals surface area contributed by atoms with Crippen LogP contribution in [0.25, 0.3) is 0 Å². The number of benzene rings is 1. The van der Waals surface area contributed by atoms with Gasteiger partial charge in [0.05, 0.1) is 18.3 Å². The second-order valence-electron chi connectivity index (χ2n) is 8.70. The minimum Gasteiger partial charge on any atom is -0.368 e. The Bertz CT molecular complexity index is 938. The lowest BCUT2D eigenvalue weighted by molar-refractivity contribution is -0.130. The van der Waals surface area contributed by atoms with Crippen molar-refractivity contribution in [1.29, 1.82) is 0 Å². The summed E-state index contributed by atoms with van der Waals surface area (Å²) in [4.78, 5) is 24.6. The van der Waals surface area contributed by atoms with Crippen LogP contribution in [0.15, 0.2) is 53.7 Å². The zero-order chi connectivity index (χ0) is 20.4. The molecule has 1 atom stereocenters. The summed E-state index contributed by atoms with van der Waals surface area (Å²) >= 11 is 0. The van der Waals surface area contributed by atoms with Gasteiger partial charge in [0.1, 0.15) is 11.4 Å². The Labute approximate surface area is 177 Å². The summed E-state index contributed by atoms with van der Waals surface area (Å²) in [5.74, 6) is 2.00. The molecule has 2 aliphatic heterocycles. The molecule has 1 saturated heterocycles. The van der Waals surface area contributed by atoms with Crippen molar-refractivity contribution < 1.29 is 4.79 Å². The predicted octanol–water partition coefficient (Wildman–Crippen LogP) is 3.86. The summed E-state index contributed by atoms with van der Waals surface area (Å²) < 4.78 is 0. The van der Waals surface area contributed by atoms with Gasteiger partial charge in [0.2, 0.25) is 5.91 Å². The molecule has 1 saturated carbocycles. The van der Waals surface area contributed by atoms with Crippen LogP contribution in [0.1, 0.15) is 44.1 Å². The highest BCUT2D eigenvalue weighted by atomic mass is 16.2. The number of pyridine rings is 1. The van der Waals surface area contributed by atoms with Crippen LogP contribution < -0.4 is 10.6 Å². The van der Waals surface area contributed by atoms with Gasteiger partial charge in [-0.2, -0.15) is 0 Å². The molecule has 3 heterocycles. The molecule has 30 heavy (non-hydrogen) atoms. The highest BCUT2D eigenvalue weighted by Gasteiger charge is 2.47. The van der Waals surface area contributed by atoms with Crippen LogP contribution in [-0.4, -0.2) is 46.3 Å². The third-order valence-corrected chi connectivity index (χ3v) is 6.60. The summed E-state index contributed by atoms with van der Waals surface area (Å²) in [6, 6.07) is 14.6. The molecule has 0 bridgehead atoms. The van der Waals surface area contributed by atoms with Crippen LogP contribution in [0.5, 0.6) is 0 Å². The average Bonchev–Trinajstić information content (AvgIpc) is 3.44. The van der Waals surface area contributed by atoms with E-state index in [9.17, 15) is 4.79 Å². The quantitative estimate of drug-likeness (QED) is 0.813. The fourth-order valence-electron chi connectivity index (χ4n) is 4.90. The van der Waals surface area contributed by atoms with Gasteiger partial charge in [0.15, 0.2) is 5.82 Å². The van der Waals surface area contributed by atoms with Gasteiger partial charge >= 0.3 is 0 Å². The van der Waals surface area contributed by atoms with Crippen LogP contribution in [0.2, 0.25) is 0 Å². The van der Waals surface area contributed by atoms with Crippen molar-refractivity contribution in [3.8, 4) is 0 Å². The first-order chi connectivity index (χ1) is 14.7. The molecular weight excluding hydrogens is 374 g/mol. The largest absolute Gasteiger partial charge is 0.368 e. The molecule has 1 amide bonds. The Hall–Kier alpha value is -2.89. The number of rotatable bonds is 4. The summed E-state index contributed by atoms with van der Waals surface area (Å²) in [5, 5.41) is 7.22. The monoisotopic (exact) mass is 403 g/mol. The van der Waals surface area contributed by atoms with Gasteiger partial charge in [0, 0.05) is 19.2 Å². The number of carbonyl (C=O) groups is 1. The number of hydrogen-bond acceptors (Lipinski definition) is 4. The number of amidine groups is 1. The Balaban J connectivity index is 1.34. The van der Waals surface area contributed by atoms with E-state index in [0.717, 1.165) is 49.6 Å². The molecule has 2 aromatic rings. The number of amides is 1. The second kappa shape index (κ2) is 8.09. The van der Waals surface area contributed by atoms with E-state index in [2.05, 4.69) is 27.8 Å².